The minimum absolute atomic E-state index is 0.0000263. The molecule has 1 saturated carbocycles. The van der Waals surface area contributed by atoms with E-state index in [1.807, 2.05) is 36.4 Å². The molecule has 0 aromatic heterocycles. The monoisotopic (exact) mass is 372 g/mol. The molecule has 6 heteroatoms. The van der Waals surface area contributed by atoms with Gasteiger partial charge in [-0.15, -0.1) is 0 Å². The third kappa shape index (κ3) is 4.23. The second-order valence-electron chi connectivity index (χ2n) is 6.52. The van der Waals surface area contributed by atoms with Crippen LogP contribution in [0.1, 0.15) is 24.0 Å². The van der Waals surface area contributed by atoms with Gasteiger partial charge in [-0.1, -0.05) is 60.1 Å². The van der Waals surface area contributed by atoms with Crippen LogP contribution in [0.15, 0.2) is 54.6 Å². The van der Waals surface area contributed by atoms with Gasteiger partial charge in [0.2, 0.25) is 0 Å². The van der Waals surface area contributed by atoms with Crippen molar-refractivity contribution in [3.63, 3.8) is 0 Å². The van der Waals surface area contributed by atoms with Crippen LogP contribution < -0.4 is 10.6 Å². The molecule has 5 nitrogen and oxygen atoms in total. The van der Waals surface area contributed by atoms with E-state index in [0.717, 1.165) is 24.0 Å². The predicted octanol–water partition coefficient (Wildman–Crippen LogP) is 2.37. The van der Waals surface area contributed by atoms with Gasteiger partial charge in [-0.3, -0.25) is 9.59 Å². The number of hydrogen-bond donors (Lipinski definition) is 3. The molecule has 1 aliphatic rings. The summed E-state index contributed by atoms with van der Waals surface area (Å²) in [5.74, 6) is -1.43. The molecule has 0 spiro atoms. The molecular weight excluding hydrogens is 352 g/mol. The van der Waals surface area contributed by atoms with Crippen molar-refractivity contribution >= 4 is 23.4 Å². The Morgan fingerprint density at radius 2 is 1.62 bits per heavy atom. The second kappa shape index (κ2) is 7.89. The van der Waals surface area contributed by atoms with E-state index in [9.17, 15) is 14.7 Å². The molecule has 0 radical (unpaired) electrons. The summed E-state index contributed by atoms with van der Waals surface area (Å²) in [5.41, 5.74) is 0.327. The molecule has 3 N–H and O–H groups in total. The van der Waals surface area contributed by atoms with E-state index in [1.165, 1.54) is 0 Å². The highest BCUT2D eigenvalue weighted by atomic mass is 35.5. The molecule has 2 aromatic rings. The maximum absolute atomic E-state index is 12.1. The molecular formula is C20H21ClN2O3. The molecule has 2 aromatic carbocycles. The van der Waals surface area contributed by atoms with Crippen LogP contribution in [0.25, 0.3) is 0 Å². The third-order valence-corrected chi connectivity index (χ3v) is 5.02. The molecule has 0 saturated heterocycles. The summed E-state index contributed by atoms with van der Waals surface area (Å²) in [7, 11) is 0. The highest BCUT2D eigenvalue weighted by Gasteiger charge is 2.45. The van der Waals surface area contributed by atoms with Gasteiger partial charge in [-0.25, -0.2) is 0 Å². The Bertz CT molecular complexity index is 793. The Kier molecular flexibility index (Phi) is 5.59. The second-order valence-corrected chi connectivity index (χ2v) is 6.93. The number of rotatable bonds is 6. The summed E-state index contributed by atoms with van der Waals surface area (Å²) in [6.45, 7) is 0.164. The van der Waals surface area contributed by atoms with Crippen molar-refractivity contribution in [2.24, 2.45) is 5.92 Å². The van der Waals surface area contributed by atoms with Crippen LogP contribution in [-0.4, -0.2) is 23.5 Å². The Balaban J connectivity index is 1.57. The molecule has 3 rings (SSSR count). The number of carbonyl (C=O) groups is 2. The fourth-order valence-corrected chi connectivity index (χ4v) is 3.17. The minimum Gasteiger partial charge on any atom is -0.383 e. The molecule has 136 valence electrons. The van der Waals surface area contributed by atoms with Crippen molar-refractivity contribution in [3.05, 3.63) is 70.7 Å². The molecule has 2 amide bonds. The number of amides is 2. The number of carbonyl (C=O) groups excluding carboxylic acids is 2. The lowest BCUT2D eigenvalue weighted by atomic mass is 9.88. The first kappa shape index (κ1) is 18.4. The normalized spacial score (nSPS) is 15.8. The Hall–Kier alpha value is -2.37. The SMILES string of the molecule is O=C(NCc1ccccc1Cl)C(=O)NC[C@@](O)(c1ccccc1)C1CC1. The van der Waals surface area contributed by atoms with E-state index in [-0.39, 0.29) is 19.0 Å². The number of hydrogen-bond acceptors (Lipinski definition) is 3. The standard InChI is InChI=1S/C20H21ClN2O3/c21-17-9-5-4-6-14(17)12-22-18(24)19(25)23-13-20(26,16-10-11-16)15-7-2-1-3-8-15/h1-9,16,26H,10-13H2,(H,22,24)(H,23,25)/t20-/m1/s1. The molecule has 0 bridgehead atoms. The summed E-state index contributed by atoms with van der Waals surface area (Å²) >= 11 is 6.03. The fourth-order valence-electron chi connectivity index (χ4n) is 2.96. The first-order valence-corrected chi connectivity index (χ1v) is 8.96. The van der Waals surface area contributed by atoms with E-state index in [0.29, 0.717) is 5.02 Å². The number of halogens is 1. The van der Waals surface area contributed by atoms with Gasteiger partial charge < -0.3 is 15.7 Å². The molecule has 1 fully saturated rings. The van der Waals surface area contributed by atoms with Crippen LogP contribution in [-0.2, 0) is 21.7 Å². The van der Waals surface area contributed by atoms with E-state index >= 15 is 0 Å². The van der Waals surface area contributed by atoms with Crippen molar-refractivity contribution in [2.45, 2.75) is 25.0 Å². The summed E-state index contributed by atoms with van der Waals surface area (Å²) in [6.07, 6.45) is 1.81. The first-order chi connectivity index (χ1) is 12.5. The van der Waals surface area contributed by atoms with Crippen LogP contribution in [0.4, 0.5) is 0 Å². The Labute approximate surface area is 157 Å². The van der Waals surface area contributed by atoms with Gasteiger partial charge in [0, 0.05) is 11.6 Å². The lowest BCUT2D eigenvalue weighted by Gasteiger charge is -2.29. The molecule has 1 atom stereocenters. The highest BCUT2D eigenvalue weighted by molar-refractivity contribution is 6.35. The van der Waals surface area contributed by atoms with Crippen molar-refractivity contribution in [1.29, 1.82) is 0 Å². The Morgan fingerprint density at radius 3 is 2.27 bits per heavy atom. The van der Waals surface area contributed by atoms with Crippen LogP contribution in [0.5, 0.6) is 0 Å². The van der Waals surface area contributed by atoms with Crippen molar-refractivity contribution in [1.82, 2.24) is 10.6 Å². The molecule has 0 heterocycles. The van der Waals surface area contributed by atoms with E-state index < -0.39 is 17.4 Å². The van der Waals surface area contributed by atoms with Crippen molar-refractivity contribution < 1.29 is 14.7 Å². The highest BCUT2D eigenvalue weighted by Crippen LogP contribution is 2.45. The van der Waals surface area contributed by atoms with Crippen molar-refractivity contribution in [3.8, 4) is 0 Å². The van der Waals surface area contributed by atoms with Gasteiger partial charge in [0.05, 0.1) is 6.54 Å². The van der Waals surface area contributed by atoms with Crippen LogP contribution >= 0.6 is 11.6 Å². The average molecular weight is 373 g/mol. The molecule has 1 aliphatic carbocycles. The molecule has 0 aliphatic heterocycles. The molecule has 26 heavy (non-hydrogen) atoms. The average Bonchev–Trinajstić information content (AvgIpc) is 3.51. The predicted molar refractivity (Wildman–Crippen MR) is 99.4 cm³/mol. The summed E-state index contributed by atoms with van der Waals surface area (Å²) in [4.78, 5) is 24.1. The third-order valence-electron chi connectivity index (χ3n) is 4.65. The zero-order valence-electron chi connectivity index (χ0n) is 14.2. The van der Waals surface area contributed by atoms with Gasteiger partial charge >= 0.3 is 11.8 Å². The van der Waals surface area contributed by atoms with Crippen molar-refractivity contribution in [2.75, 3.05) is 6.54 Å². The zero-order chi connectivity index (χ0) is 18.6. The lowest BCUT2D eigenvalue weighted by molar-refractivity contribution is -0.140. The van der Waals surface area contributed by atoms with Gasteiger partial charge in [-0.2, -0.15) is 0 Å². The smallest absolute Gasteiger partial charge is 0.309 e. The van der Waals surface area contributed by atoms with Gasteiger partial charge in [0.15, 0.2) is 0 Å². The fraction of sp³-hybridized carbons (Fsp3) is 0.300. The summed E-state index contributed by atoms with van der Waals surface area (Å²) in [6, 6.07) is 16.3. The lowest BCUT2D eigenvalue weighted by Crippen LogP contribution is -2.47. The molecule has 0 unspecified atom stereocenters. The maximum Gasteiger partial charge on any atom is 0.309 e. The van der Waals surface area contributed by atoms with E-state index in [1.54, 1.807) is 18.2 Å². The van der Waals surface area contributed by atoms with Gasteiger partial charge in [-0.05, 0) is 36.0 Å². The number of aliphatic hydroxyl groups is 1. The zero-order valence-corrected chi connectivity index (χ0v) is 15.0. The largest absolute Gasteiger partial charge is 0.383 e. The van der Waals surface area contributed by atoms with Gasteiger partial charge in [0.1, 0.15) is 5.60 Å². The van der Waals surface area contributed by atoms with Crippen LogP contribution in [0.2, 0.25) is 5.02 Å². The summed E-state index contributed by atoms with van der Waals surface area (Å²) in [5, 5.41) is 16.7. The minimum atomic E-state index is -1.15. The number of nitrogens with one attached hydrogen (secondary N) is 2. The Morgan fingerprint density at radius 1 is 1.00 bits per heavy atom. The van der Waals surface area contributed by atoms with Crippen LogP contribution in [0, 0.1) is 5.92 Å². The van der Waals surface area contributed by atoms with E-state index in [4.69, 9.17) is 11.6 Å². The topological polar surface area (TPSA) is 78.4 Å². The quantitative estimate of drug-likeness (QED) is 0.681. The first-order valence-electron chi connectivity index (χ1n) is 8.58. The van der Waals surface area contributed by atoms with Crippen LogP contribution in [0.3, 0.4) is 0 Å². The maximum atomic E-state index is 12.1. The number of benzene rings is 2. The van der Waals surface area contributed by atoms with E-state index in [2.05, 4.69) is 10.6 Å². The van der Waals surface area contributed by atoms with Gasteiger partial charge in [0.25, 0.3) is 0 Å². The summed E-state index contributed by atoms with van der Waals surface area (Å²) < 4.78 is 0.